The molecule has 1 unspecified atom stereocenters. The molecule has 0 aliphatic heterocycles. The van der Waals surface area contributed by atoms with E-state index in [1.54, 1.807) is 0 Å². The van der Waals surface area contributed by atoms with Crippen molar-refractivity contribution in [3.8, 4) is 0 Å². The average Bonchev–Trinajstić information content (AvgIpc) is 2.51. The predicted molar refractivity (Wildman–Crippen MR) is 84.3 cm³/mol. The van der Waals surface area contributed by atoms with E-state index < -0.39 is 0 Å². The first-order valence-electron chi connectivity index (χ1n) is 7.33. The van der Waals surface area contributed by atoms with Crippen LogP contribution in [0.3, 0.4) is 0 Å². The molecule has 1 amide bonds. The van der Waals surface area contributed by atoms with Gasteiger partial charge in [0.2, 0.25) is 5.91 Å². The number of rotatable bonds is 7. The summed E-state index contributed by atoms with van der Waals surface area (Å²) < 4.78 is 0. The maximum Gasteiger partial charge on any atom is 0.243 e. The minimum Gasteiger partial charge on any atom is -0.346 e. The number of carbonyl (C=O) groups excluding carboxylic acids is 1. The predicted octanol–water partition coefficient (Wildman–Crippen LogP) is 3.41. The summed E-state index contributed by atoms with van der Waals surface area (Å²) in [4.78, 5) is 11.6. The van der Waals surface area contributed by atoms with Gasteiger partial charge < -0.3 is 11.1 Å². The summed E-state index contributed by atoms with van der Waals surface area (Å²) >= 11 is 0. The van der Waals surface area contributed by atoms with Crippen molar-refractivity contribution in [2.45, 2.75) is 51.6 Å². The van der Waals surface area contributed by atoms with Crippen LogP contribution in [-0.2, 0) is 10.3 Å². The molecule has 0 spiro atoms. The molecule has 0 aromatic heterocycles. The molecule has 0 aliphatic carbocycles. The number of carbonyl (C=O) groups is 1. The Labute approximate surface area is 122 Å². The van der Waals surface area contributed by atoms with Crippen LogP contribution in [-0.4, -0.2) is 5.91 Å². The molecular weight excluding hydrogens is 248 g/mol. The van der Waals surface area contributed by atoms with Crippen LogP contribution in [0, 0.1) is 0 Å². The lowest BCUT2D eigenvalue weighted by Crippen LogP contribution is -2.38. The number of nitrogens with one attached hydrogen (secondary N) is 1. The molecule has 0 bridgehead atoms. The first kappa shape index (κ1) is 16.4. The molecule has 0 fully saturated rings. The lowest BCUT2D eigenvalue weighted by molar-refractivity contribution is -0.117. The topological polar surface area (TPSA) is 55.1 Å². The molecule has 1 aromatic carbocycles. The van der Waals surface area contributed by atoms with E-state index >= 15 is 0 Å². The Morgan fingerprint density at radius 3 is 2.45 bits per heavy atom. The molecule has 110 valence electrons. The zero-order valence-corrected chi connectivity index (χ0v) is 12.8. The van der Waals surface area contributed by atoms with Gasteiger partial charge in [0, 0.05) is 5.54 Å². The van der Waals surface area contributed by atoms with Crippen LogP contribution in [0.2, 0.25) is 0 Å². The van der Waals surface area contributed by atoms with Gasteiger partial charge >= 0.3 is 0 Å². The second-order valence-corrected chi connectivity index (χ2v) is 5.12. The molecule has 0 radical (unpaired) electrons. The Hall–Kier alpha value is -1.61. The molecule has 0 aliphatic rings. The first-order chi connectivity index (χ1) is 9.52. The van der Waals surface area contributed by atoms with Crippen LogP contribution < -0.4 is 11.1 Å². The van der Waals surface area contributed by atoms with Crippen molar-refractivity contribution in [3.05, 3.63) is 48.0 Å². The summed E-state index contributed by atoms with van der Waals surface area (Å²) in [7, 11) is 0. The third kappa shape index (κ3) is 3.48. The molecule has 1 rings (SSSR count). The van der Waals surface area contributed by atoms with Crippen LogP contribution in [0.5, 0.6) is 0 Å². The second-order valence-electron chi connectivity index (χ2n) is 5.12. The van der Waals surface area contributed by atoms with Gasteiger partial charge in [-0.25, -0.2) is 0 Å². The summed E-state index contributed by atoms with van der Waals surface area (Å²) in [5.41, 5.74) is 8.43. The van der Waals surface area contributed by atoms with Crippen LogP contribution in [0.1, 0.15) is 57.2 Å². The van der Waals surface area contributed by atoms with E-state index in [2.05, 4.69) is 44.8 Å². The maximum atomic E-state index is 11.6. The van der Waals surface area contributed by atoms with E-state index in [9.17, 15) is 4.79 Å². The molecular formula is C17H26N2O. The summed E-state index contributed by atoms with van der Waals surface area (Å²) in [6, 6.07) is 8.10. The summed E-state index contributed by atoms with van der Waals surface area (Å²) in [6.45, 7) is 9.77. The fraction of sp³-hybridized carbons (Fsp3) is 0.471. The first-order valence-corrected chi connectivity index (χ1v) is 7.33. The van der Waals surface area contributed by atoms with Gasteiger partial charge in [-0.1, -0.05) is 51.6 Å². The van der Waals surface area contributed by atoms with Crippen LogP contribution in [0.4, 0.5) is 0 Å². The van der Waals surface area contributed by atoms with Crippen molar-refractivity contribution in [2.75, 3.05) is 0 Å². The van der Waals surface area contributed by atoms with Gasteiger partial charge in [-0.3, -0.25) is 4.79 Å². The lowest BCUT2D eigenvalue weighted by Gasteiger charge is -2.32. The summed E-state index contributed by atoms with van der Waals surface area (Å²) in [6.07, 6.45) is 3.86. The molecule has 3 N–H and O–H groups in total. The van der Waals surface area contributed by atoms with E-state index in [-0.39, 0.29) is 17.5 Å². The smallest absolute Gasteiger partial charge is 0.243 e. The van der Waals surface area contributed by atoms with Crippen LogP contribution >= 0.6 is 0 Å². The van der Waals surface area contributed by atoms with Crippen LogP contribution in [0.25, 0.3) is 0 Å². The van der Waals surface area contributed by atoms with Crippen molar-refractivity contribution in [2.24, 2.45) is 5.73 Å². The Kier molecular flexibility index (Phi) is 5.96. The highest BCUT2D eigenvalue weighted by molar-refractivity contribution is 5.87. The summed E-state index contributed by atoms with van der Waals surface area (Å²) in [5, 5.41) is 2.98. The van der Waals surface area contributed by atoms with Crippen molar-refractivity contribution in [1.29, 1.82) is 0 Å². The monoisotopic (exact) mass is 274 g/mol. The van der Waals surface area contributed by atoms with E-state index in [1.165, 1.54) is 6.08 Å². The minimum absolute atomic E-state index is 0.0299. The van der Waals surface area contributed by atoms with Crippen molar-refractivity contribution in [3.63, 3.8) is 0 Å². The zero-order chi connectivity index (χ0) is 15.2. The molecule has 3 nitrogen and oxygen atoms in total. The van der Waals surface area contributed by atoms with Crippen molar-refractivity contribution in [1.82, 2.24) is 5.32 Å². The van der Waals surface area contributed by atoms with Gasteiger partial charge in [-0.15, -0.1) is 0 Å². The van der Waals surface area contributed by atoms with Gasteiger partial charge in [0.25, 0.3) is 0 Å². The molecule has 3 heteroatoms. The fourth-order valence-corrected chi connectivity index (χ4v) is 2.52. The van der Waals surface area contributed by atoms with Gasteiger partial charge in [0.1, 0.15) is 0 Å². The fourth-order valence-electron chi connectivity index (χ4n) is 2.52. The molecule has 0 heterocycles. The second kappa shape index (κ2) is 7.25. The van der Waals surface area contributed by atoms with Gasteiger partial charge in [0.15, 0.2) is 0 Å². The van der Waals surface area contributed by atoms with Crippen molar-refractivity contribution >= 4 is 5.91 Å². The maximum absolute atomic E-state index is 11.6. The number of hydrogen-bond acceptors (Lipinski definition) is 2. The number of benzene rings is 1. The highest BCUT2D eigenvalue weighted by Crippen LogP contribution is 2.32. The standard InChI is InChI=1S/C17H26N2O/c1-5-15(19-16(20)6-2)13-11-9-10-12-14(13)17(18,7-3)8-4/h6,9-12,15H,2,5,7-8,18H2,1,3-4H3,(H,19,20). The Bertz CT molecular complexity index is 464. The Balaban J connectivity index is 3.23. The third-order valence-electron chi connectivity index (χ3n) is 4.04. The number of nitrogens with two attached hydrogens (primary N) is 1. The Morgan fingerprint density at radius 1 is 1.35 bits per heavy atom. The van der Waals surface area contributed by atoms with Crippen molar-refractivity contribution < 1.29 is 4.79 Å². The quantitative estimate of drug-likeness (QED) is 0.749. The third-order valence-corrected chi connectivity index (χ3v) is 4.04. The molecule has 1 aromatic rings. The molecule has 1 atom stereocenters. The summed E-state index contributed by atoms with van der Waals surface area (Å²) in [5.74, 6) is -0.151. The molecule has 0 saturated heterocycles. The van der Waals surface area contributed by atoms with E-state index in [1.807, 2.05) is 12.1 Å². The van der Waals surface area contributed by atoms with Gasteiger partial charge in [0.05, 0.1) is 6.04 Å². The minimum atomic E-state index is -0.344. The Morgan fingerprint density at radius 2 is 1.95 bits per heavy atom. The molecule has 0 saturated carbocycles. The molecule has 20 heavy (non-hydrogen) atoms. The number of hydrogen-bond donors (Lipinski definition) is 2. The van der Waals surface area contributed by atoms with E-state index in [4.69, 9.17) is 5.73 Å². The van der Waals surface area contributed by atoms with E-state index in [0.29, 0.717) is 0 Å². The highest BCUT2D eigenvalue weighted by atomic mass is 16.1. The van der Waals surface area contributed by atoms with Crippen LogP contribution in [0.15, 0.2) is 36.9 Å². The van der Waals surface area contributed by atoms with Gasteiger partial charge in [-0.05, 0) is 36.5 Å². The lowest BCUT2D eigenvalue weighted by atomic mass is 9.81. The average molecular weight is 274 g/mol. The largest absolute Gasteiger partial charge is 0.346 e. The number of amides is 1. The van der Waals surface area contributed by atoms with Gasteiger partial charge in [-0.2, -0.15) is 0 Å². The zero-order valence-electron chi connectivity index (χ0n) is 12.8. The normalized spacial score (nSPS) is 12.8. The highest BCUT2D eigenvalue weighted by Gasteiger charge is 2.28. The SMILES string of the molecule is C=CC(=O)NC(CC)c1ccccc1C(N)(CC)CC. The van der Waals surface area contributed by atoms with E-state index in [0.717, 1.165) is 30.4 Å².